The third kappa shape index (κ3) is 5.08. The van der Waals surface area contributed by atoms with Gasteiger partial charge in [-0.3, -0.25) is 4.79 Å². The predicted octanol–water partition coefficient (Wildman–Crippen LogP) is 3.59. The third-order valence-corrected chi connectivity index (χ3v) is 9.91. The maximum absolute atomic E-state index is 13.2. The molecule has 8 heteroatoms. The number of likely N-dealkylation sites (tertiary alicyclic amines) is 1. The van der Waals surface area contributed by atoms with E-state index in [0.29, 0.717) is 22.5 Å². The van der Waals surface area contributed by atoms with Gasteiger partial charge in [-0.2, -0.15) is 16.1 Å². The first-order valence-corrected chi connectivity index (χ1v) is 13.2. The molecular weight excluding hydrogens is 400 g/mol. The van der Waals surface area contributed by atoms with E-state index in [4.69, 9.17) is 0 Å². The number of nitrogens with zero attached hydrogens (tertiary/aromatic N) is 2. The molecule has 1 amide bonds. The molecule has 2 aliphatic heterocycles. The van der Waals surface area contributed by atoms with E-state index in [1.54, 1.807) is 6.07 Å². The smallest absolute Gasteiger partial charge is 0.252 e. The van der Waals surface area contributed by atoms with E-state index in [0.717, 1.165) is 43.0 Å². The molecule has 152 valence electrons. The van der Waals surface area contributed by atoms with Crippen molar-refractivity contribution in [1.29, 1.82) is 0 Å². The van der Waals surface area contributed by atoms with Crippen LogP contribution in [0.4, 0.5) is 0 Å². The van der Waals surface area contributed by atoms with Crippen LogP contribution in [0.5, 0.6) is 0 Å². The SMILES string of the molecule is CCSC1CCCCN(C(=O)C2CCCN(S(=O)(=O)c3ccc(C)s3)C2)C1. The van der Waals surface area contributed by atoms with Gasteiger partial charge in [0, 0.05) is 36.3 Å². The number of piperidine rings is 1. The van der Waals surface area contributed by atoms with Crippen LogP contribution in [0.2, 0.25) is 0 Å². The summed E-state index contributed by atoms with van der Waals surface area (Å²) < 4.78 is 27.8. The first kappa shape index (κ1) is 21.1. The third-order valence-electron chi connectivity index (χ3n) is 5.39. The van der Waals surface area contributed by atoms with Crippen LogP contribution in [-0.4, -0.2) is 60.7 Å². The summed E-state index contributed by atoms with van der Waals surface area (Å²) in [5, 5.41) is 0.513. The molecule has 2 atom stereocenters. The molecule has 5 nitrogen and oxygen atoms in total. The molecule has 0 radical (unpaired) electrons. The Morgan fingerprint density at radius 2 is 2.00 bits per heavy atom. The van der Waals surface area contributed by atoms with E-state index in [-0.39, 0.29) is 11.8 Å². The van der Waals surface area contributed by atoms with Crippen LogP contribution in [0.1, 0.15) is 43.9 Å². The minimum Gasteiger partial charge on any atom is -0.341 e. The number of aryl methyl sites for hydroxylation is 1. The molecule has 0 spiro atoms. The molecule has 2 fully saturated rings. The summed E-state index contributed by atoms with van der Waals surface area (Å²) in [6, 6.07) is 3.52. The van der Waals surface area contributed by atoms with Crippen LogP contribution < -0.4 is 0 Å². The van der Waals surface area contributed by atoms with E-state index in [9.17, 15) is 13.2 Å². The molecule has 2 unspecified atom stereocenters. The van der Waals surface area contributed by atoms with Crippen molar-refractivity contribution in [2.45, 2.75) is 55.4 Å². The molecule has 3 rings (SSSR count). The van der Waals surface area contributed by atoms with Crippen molar-refractivity contribution in [1.82, 2.24) is 9.21 Å². The second-order valence-electron chi connectivity index (χ2n) is 7.42. The van der Waals surface area contributed by atoms with Gasteiger partial charge in [0.15, 0.2) is 0 Å². The van der Waals surface area contributed by atoms with Crippen molar-refractivity contribution in [3.8, 4) is 0 Å². The molecule has 2 saturated heterocycles. The van der Waals surface area contributed by atoms with Gasteiger partial charge in [0.1, 0.15) is 4.21 Å². The molecule has 1 aromatic heterocycles. The molecule has 0 bridgehead atoms. The van der Waals surface area contributed by atoms with E-state index >= 15 is 0 Å². The van der Waals surface area contributed by atoms with Crippen LogP contribution >= 0.6 is 23.1 Å². The molecule has 27 heavy (non-hydrogen) atoms. The maximum atomic E-state index is 13.2. The Kier molecular flexibility index (Phi) is 7.27. The Hall–Kier alpha value is -0.570. The number of thiophene rings is 1. The largest absolute Gasteiger partial charge is 0.341 e. The average Bonchev–Trinajstić information content (AvgIpc) is 2.97. The van der Waals surface area contributed by atoms with Crippen molar-refractivity contribution in [2.24, 2.45) is 5.92 Å². The van der Waals surface area contributed by atoms with Gasteiger partial charge in [-0.25, -0.2) is 8.42 Å². The zero-order chi connectivity index (χ0) is 19.4. The summed E-state index contributed by atoms with van der Waals surface area (Å²) in [5.41, 5.74) is 0. The molecule has 0 aliphatic carbocycles. The van der Waals surface area contributed by atoms with Crippen molar-refractivity contribution in [2.75, 3.05) is 31.9 Å². The molecule has 3 heterocycles. The quantitative estimate of drug-likeness (QED) is 0.716. The number of hydrogen-bond donors (Lipinski definition) is 0. The monoisotopic (exact) mass is 430 g/mol. The lowest BCUT2D eigenvalue weighted by atomic mass is 9.98. The predicted molar refractivity (Wildman–Crippen MR) is 113 cm³/mol. The van der Waals surface area contributed by atoms with Crippen LogP contribution in [0, 0.1) is 12.8 Å². The zero-order valence-corrected chi connectivity index (χ0v) is 18.7. The fourth-order valence-corrected chi connectivity index (χ4v) is 8.02. The number of rotatable bonds is 5. The van der Waals surface area contributed by atoms with Crippen LogP contribution in [0.25, 0.3) is 0 Å². The van der Waals surface area contributed by atoms with E-state index in [1.807, 2.05) is 29.7 Å². The number of thioether (sulfide) groups is 1. The number of hydrogen-bond acceptors (Lipinski definition) is 5. The topological polar surface area (TPSA) is 57.7 Å². The Labute approximate surface area is 171 Å². The summed E-state index contributed by atoms with van der Waals surface area (Å²) in [5.74, 6) is 1.02. The molecule has 0 N–H and O–H groups in total. The van der Waals surface area contributed by atoms with Crippen LogP contribution in [0.15, 0.2) is 16.3 Å². The Bertz CT molecular complexity index is 747. The van der Waals surface area contributed by atoms with Crippen molar-refractivity contribution in [3.05, 3.63) is 17.0 Å². The van der Waals surface area contributed by atoms with Crippen molar-refractivity contribution < 1.29 is 13.2 Å². The zero-order valence-electron chi connectivity index (χ0n) is 16.2. The summed E-state index contributed by atoms with van der Waals surface area (Å²) >= 11 is 3.25. The molecule has 2 aliphatic rings. The van der Waals surface area contributed by atoms with Gasteiger partial charge in [-0.05, 0) is 50.5 Å². The van der Waals surface area contributed by atoms with E-state index in [1.165, 1.54) is 28.5 Å². The number of carbonyl (C=O) groups excluding carboxylic acids is 1. The van der Waals surface area contributed by atoms with Gasteiger partial charge in [0.05, 0.1) is 5.92 Å². The lowest BCUT2D eigenvalue weighted by Gasteiger charge is -2.34. The summed E-state index contributed by atoms with van der Waals surface area (Å²) in [6.07, 6.45) is 4.93. The van der Waals surface area contributed by atoms with Gasteiger partial charge >= 0.3 is 0 Å². The van der Waals surface area contributed by atoms with Crippen molar-refractivity contribution in [3.63, 3.8) is 0 Å². The highest BCUT2D eigenvalue weighted by Crippen LogP contribution is 2.30. The summed E-state index contributed by atoms with van der Waals surface area (Å²) in [6.45, 7) is 6.53. The summed E-state index contributed by atoms with van der Waals surface area (Å²) in [4.78, 5) is 16.2. The Balaban J connectivity index is 1.69. The second-order valence-corrected chi connectivity index (χ2v) is 12.5. The molecule has 0 saturated carbocycles. The average molecular weight is 431 g/mol. The second kappa shape index (κ2) is 9.29. The Morgan fingerprint density at radius 1 is 1.19 bits per heavy atom. The fraction of sp³-hybridized carbons (Fsp3) is 0.737. The van der Waals surface area contributed by atoms with E-state index in [2.05, 4.69) is 6.92 Å². The minimum absolute atomic E-state index is 0.154. The van der Waals surface area contributed by atoms with Gasteiger partial charge in [0.25, 0.3) is 10.0 Å². The highest BCUT2D eigenvalue weighted by Gasteiger charge is 2.36. The van der Waals surface area contributed by atoms with Gasteiger partial charge in [-0.15, -0.1) is 11.3 Å². The fourth-order valence-electron chi connectivity index (χ4n) is 3.97. The van der Waals surface area contributed by atoms with Gasteiger partial charge < -0.3 is 4.90 Å². The minimum atomic E-state index is -3.49. The van der Waals surface area contributed by atoms with Crippen LogP contribution in [0.3, 0.4) is 0 Å². The molecule has 1 aromatic rings. The highest BCUT2D eigenvalue weighted by atomic mass is 32.2. The van der Waals surface area contributed by atoms with Gasteiger partial charge in [0.2, 0.25) is 5.91 Å². The first-order chi connectivity index (χ1) is 12.9. The van der Waals surface area contributed by atoms with Crippen molar-refractivity contribution >= 4 is 39.0 Å². The molecular formula is C19H30N2O3S3. The number of amides is 1. The normalized spacial score (nSPS) is 25.3. The lowest BCUT2D eigenvalue weighted by Crippen LogP contribution is -2.47. The first-order valence-electron chi connectivity index (χ1n) is 9.88. The number of carbonyl (C=O) groups is 1. The molecule has 0 aromatic carbocycles. The van der Waals surface area contributed by atoms with E-state index < -0.39 is 10.0 Å². The highest BCUT2D eigenvalue weighted by molar-refractivity contribution is 7.99. The van der Waals surface area contributed by atoms with Gasteiger partial charge in [-0.1, -0.05) is 13.3 Å². The van der Waals surface area contributed by atoms with Crippen LogP contribution in [-0.2, 0) is 14.8 Å². The Morgan fingerprint density at radius 3 is 2.70 bits per heavy atom. The maximum Gasteiger partial charge on any atom is 0.252 e. The lowest BCUT2D eigenvalue weighted by molar-refractivity contribution is -0.136. The summed E-state index contributed by atoms with van der Waals surface area (Å²) in [7, 11) is -3.49. The number of sulfonamides is 1. The standard InChI is InChI=1S/C19H30N2O3S3/c1-3-25-17-8-4-5-11-20(14-17)19(22)16-7-6-12-21(13-16)27(23,24)18-10-9-15(2)26-18/h9-10,16-17H,3-8,11-14H2,1-2H3.